The first-order valence-electron chi connectivity index (χ1n) is 6.31. The molecule has 2 aliphatic rings. The van der Waals surface area contributed by atoms with Gasteiger partial charge in [-0.1, -0.05) is 12.1 Å². The first-order valence-corrected chi connectivity index (χ1v) is 6.31. The second-order valence-corrected chi connectivity index (χ2v) is 4.58. The third kappa shape index (κ3) is 2.20. The predicted molar refractivity (Wildman–Crippen MR) is 73.5 cm³/mol. The zero-order valence-corrected chi connectivity index (χ0v) is 11.4. The number of rotatable bonds is 3. The van der Waals surface area contributed by atoms with E-state index in [4.69, 9.17) is 14.4 Å². The van der Waals surface area contributed by atoms with Crippen molar-refractivity contribution in [2.75, 3.05) is 0 Å². The second-order valence-electron chi connectivity index (χ2n) is 4.58. The minimum Gasteiger partial charge on any atom is -0.481 e. The van der Waals surface area contributed by atoms with Crippen molar-refractivity contribution >= 4 is 22.9 Å². The van der Waals surface area contributed by atoms with Crippen LogP contribution in [0.1, 0.15) is 12.7 Å². The summed E-state index contributed by atoms with van der Waals surface area (Å²) in [6, 6.07) is 6.75. The quantitative estimate of drug-likeness (QED) is 0.757. The SMILES string of the molecule is CC(=O)On1nc2c3ccccc3oc(CC(=O)O)c-2c1=O. The minimum atomic E-state index is -1.15. The Labute approximate surface area is 122 Å². The molecule has 0 fully saturated rings. The fourth-order valence-corrected chi connectivity index (χ4v) is 2.20. The van der Waals surface area contributed by atoms with Crippen molar-refractivity contribution in [3.05, 3.63) is 40.4 Å². The third-order valence-electron chi connectivity index (χ3n) is 3.00. The van der Waals surface area contributed by atoms with Crippen LogP contribution >= 0.6 is 0 Å². The molecule has 2 heterocycles. The van der Waals surface area contributed by atoms with Crippen LogP contribution in [0.2, 0.25) is 0 Å². The first-order chi connectivity index (χ1) is 10.5. The van der Waals surface area contributed by atoms with Crippen LogP contribution in [0.25, 0.3) is 22.2 Å². The van der Waals surface area contributed by atoms with Gasteiger partial charge in [-0.15, -0.1) is 5.10 Å². The molecule has 0 saturated carbocycles. The van der Waals surface area contributed by atoms with Crippen molar-refractivity contribution in [2.24, 2.45) is 0 Å². The molecule has 3 rings (SSSR count). The topological polar surface area (TPSA) is 112 Å². The van der Waals surface area contributed by atoms with Gasteiger partial charge >= 0.3 is 17.5 Å². The van der Waals surface area contributed by atoms with Gasteiger partial charge in [0.25, 0.3) is 0 Å². The molecule has 0 atom stereocenters. The van der Waals surface area contributed by atoms with Crippen LogP contribution in [0.5, 0.6) is 0 Å². The number of carbonyl (C=O) groups is 2. The maximum Gasteiger partial charge on any atom is 0.332 e. The van der Waals surface area contributed by atoms with Gasteiger partial charge in [0.2, 0.25) is 0 Å². The van der Waals surface area contributed by atoms with E-state index in [1.807, 2.05) is 0 Å². The van der Waals surface area contributed by atoms with Gasteiger partial charge in [-0.05, 0) is 17.0 Å². The highest BCUT2D eigenvalue weighted by atomic mass is 16.7. The summed E-state index contributed by atoms with van der Waals surface area (Å²) in [5, 5.41) is 13.4. The molecular weight excluding hydrogens is 292 g/mol. The number of nitrogens with zero attached hydrogens (tertiary/aromatic N) is 2. The number of carboxylic acid groups (broad SMARTS) is 1. The minimum absolute atomic E-state index is 0.0117. The summed E-state index contributed by atoms with van der Waals surface area (Å²) in [5.41, 5.74) is -0.138. The van der Waals surface area contributed by atoms with Crippen LogP contribution in [-0.2, 0) is 16.0 Å². The molecule has 0 saturated heterocycles. The maximum absolute atomic E-state index is 12.3. The second kappa shape index (κ2) is 4.99. The lowest BCUT2D eigenvalue weighted by atomic mass is 10.1. The highest BCUT2D eigenvalue weighted by Gasteiger charge is 2.26. The van der Waals surface area contributed by atoms with Gasteiger partial charge in [0.15, 0.2) is 0 Å². The molecular formula is C14H10N2O6. The van der Waals surface area contributed by atoms with Gasteiger partial charge in [-0.25, -0.2) is 4.79 Å². The van der Waals surface area contributed by atoms with Crippen LogP contribution in [-0.4, -0.2) is 27.0 Å². The van der Waals surface area contributed by atoms with Crippen LogP contribution in [0.4, 0.5) is 0 Å². The summed E-state index contributed by atoms with van der Waals surface area (Å²) >= 11 is 0. The van der Waals surface area contributed by atoms with E-state index in [2.05, 4.69) is 5.10 Å². The van der Waals surface area contributed by atoms with E-state index in [1.54, 1.807) is 24.3 Å². The Bertz CT molecular complexity index is 923. The number of carboxylic acids is 1. The first kappa shape index (κ1) is 13.8. The van der Waals surface area contributed by atoms with Gasteiger partial charge in [-0.2, -0.15) is 0 Å². The van der Waals surface area contributed by atoms with E-state index in [-0.39, 0.29) is 17.0 Å². The van der Waals surface area contributed by atoms with Gasteiger partial charge in [0, 0.05) is 12.3 Å². The third-order valence-corrected chi connectivity index (χ3v) is 3.00. The number of para-hydroxylation sites is 1. The molecule has 0 amide bonds. The average Bonchev–Trinajstić information content (AvgIpc) is 2.75. The molecule has 0 radical (unpaired) electrons. The summed E-state index contributed by atoms with van der Waals surface area (Å²) in [6.07, 6.45) is -0.484. The maximum atomic E-state index is 12.3. The van der Waals surface area contributed by atoms with Crippen molar-refractivity contribution in [3.8, 4) is 11.3 Å². The Morgan fingerprint density at radius 1 is 1.36 bits per heavy atom. The average molecular weight is 302 g/mol. The van der Waals surface area contributed by atoms with Crippen molar-refractivity contribution in [2.45, 2.75) is 13.3 Å². The molecule has 112 valence electrons. The number of fused-ring (bicyclic) bond motifs is 3. The normalized spacial score (nSPS) is 11.0. The molecule has 0 spiro atoms. The molecule has 0 aromatic heterocycles. The largest absolute Gasteiger partial charge is 0.481 e. The van der Waals surface area contributed by atoms with Crippen LogP contribution < -0.4 is 10.4 Å². The summed E-state index contributed by atoms with van der Waals surface area (Å²) in [6.45, 7) is 1.13. The molecule has 8 nitrogen and oxygen atoms in total. The number of aliphatic carboxylic acids is 1. The zero-order chi connectivity index (χ0) is 15.9. The Hall–Kier alpha value is -3.16. The van der Waals surface area contributed by atoms with E-state index in [9.17, 15) is 14.4 Å². The fraction of sp³-hybridized carbons (Fsp3) is 0.143. The summed E-state index contributed by atoms with van der Waals surface area (Å²) < 4.78 is 5.51. The van der Waals surface area contributed by atoms with Gasteiger partial charge < -0.3 is 14.4 Å². The molecule has 1 aromatic rings. The molecule has 0 unspecified atom stereocenters. The predicted octanol–water partition coefficient (Wildman–Crippen LogP) is 0.696. The summed E-state index contributed by atoms with van der Waals surface area (Å²) in [4.78, 5) is 39.5. The molecule has 8 heteroatoms. The molecule has 0 bridgehead atoms. The van der Waals surface area contributed by atoms with E-state index in [0.29, 0.717) is 15.8 Å². The van der Waals surface area contributed by atoms with Gasteiger partial charge in [-0.3, -0.25) is 9.59 Å². The van der Waals surface area contributed by atoms with Crippen molar-refractivity contribution in [3.63, 3.8) is 0 Å². The highest BCUT2D eigenvalue weighted by molar-refractivity contribution is 5.93. The summed E-state index contributed by atoms with van der Waals surface area (Å²) in [5.74, 6) is -1.91. The van der Waals surface area contributed by atoms with E-state index < -0.39 is 23.9 Å². The van der Waals surface area contributed by atoms with E-state index in [0.717, 1.165) is 6.92 Å². The van der Waals surface area contributed by atoms with Gasteiger partial charge in [0.05, 0.1) is 0 Å². The molecule has 22 heavy (non-hydrogen) atoms. The lowest BCUT2D eigenvalue weighted by Gasteiger charge is -2.06. The number of aromatic nitrogens is 2. The number of carbonyl (C=O) groups excluding carboxylic acids is 1. The lowest BCUT2D eigenvalue weighted by Crippen LogP contribution is -2.28. The van der Waals surface area contributed by atoms with Crippen molar-refractivity contribution in [1.82, 2.24) is 9.94 Å². The Balaban J connectivity index is 2.37. The Kier molecular flexibility index (Phi) is 3.13. The Morgan fingerprint density at radius 3 is 2.77 bits per heavy atom. The molecule has 0 aliphatic carbocycles. The van der Waals surface area contributed by atoms with Crippen LogP contribution in [0.3, 0.4) is 0 Å². The monoisotopic (exact) mass is 302 g/mol. The zero-order valence-electron chi connectivity index (χ0n) is 11.4. The standard InChI is InChI=1S/C14H10N2O6/c1-7(17)22-16-14(20)12-10(6-11(18)19)21-9-5-3-2-4-8(9)13(12)15-16/h2-5H,6H2,1H3,(H,18,19). The fourth-order valence-electron chi connectivity index (χ4n) is 2.20. The van der Waals surface area contributed by atoms with Crippen LogP contribution in [0, 0.1) is 0 Å². The van der Waals surface area contributed by atoms with E-state index in [1.165, 1.54) is 0 Å². The molecule has 1 aromatic carbocycles. The molecule has 1 N–H and O–H groups in total. The van der Waals surface area contributed by atoms with Crippen molar-refractivity contribution < 1.29 is 24.0 Å². The lowest BCUT2D eigenvalue weighted by molar-refractivity contribution is -0.143. The molecule has 2 aliphatic heterocycles. The van der Waals surface area contributed by atoms with E-state index >= 15 is 0 Å². The summed E-state index contributed by atoms with van der Waals surface area (Å²) in [7, 11) is 0. The number of hydrogen-bond acceptors (Lipinski definition) is 6. The number of benzene rings is 1. The van der Waals surface area contributed by atoms with Gasteiger partial charge in [0.1, 0.15) is 29.0 Å². The highest BCUT2D eigenvalue weighted by Crippen LogP contribution is 2.30. The smallest absolute Gasteiger partial charge is 0.332 e. The van der Waals surface area contributed by atoms with Crippen molar-refractivity contribution in [1.29, 1.82) is 0 Å². The van der Waals surface area contributed by atoms with Crippen LogP contribution in [0.15, 0.2) is 33.5 Å². The number of hydrogen-bond donors (Lipinski definition) is 1. The Morgan fingerprint density at radius 2 is 2.09 bits per heavy atom.